The highest BCUT2D eigenvalue weighted by molar-refractivity contribution is 5.73. The van der Waals surface area contributed by atoms with Crippen LogP contribution in [0.4, 0.5) is 18.0 Å². The third-order valence-corrected chi connectivity index (χ3v) is 3.35. The molecule has 0 fully saturated rings. The summed E-state index contributed by atoms with van der Waals surface area (Å²) in [7, 11) is 1.54. The molecule has 0 aliphatic carbocycles. The van der Waals surface area contributed by atoms with E-state index in [1.165, 1.54) is 11.8 Å². The number of amides is 2. The van der Waals surface area contributed by atoms with Crippen LogP contribution in [-0.2, 0) is 25.6 Å². The smallest absolute Gasteiger partial charge is 0.339 e. The Balaban J connectivity index is 1.86. The highest BCUT2D eigenvalue weighted by Gasteiger charge is 2.33. The molecule has 0 aliphatic heterocycles. The number of rotatable bonds is 6. The molecule has 0 aliphatic rings. The second kappa shape index (κ2) is 8.11. The minimum atomic E-state index is -4.53. The first-order valence-corrected chi connectivity index (χ1v) is 7.91. The summed E-state index contributed by atoms with van der Waals surface area (Å²) in [6.07, 6.45) is -3.86. The highest BCUT2D eigenvalue weighted by atomic mass is 19.4. The predicted molar refractivity (Wildman–Crippen MR) is 84.0 cm³/mol. The van der Waals surface area contributed by atoms with Gasteiger partial charge in [0.1, 0.15) is 11.5 Å². The lowest BCUT2D eigenvalue weighted by molar-refractivity contribution is -0.141. The number of carbonyl (C=O) groups is 1. The quantitative estimate of drug-likeness (QED) is 0.834. The molecule has 0 bridgehead atoms. The number of alkyl halides is 3. The minimum absolute atomic E-state index is 0.0195. The molecule has 0 unspecified atom stereocenters. The van der Waals surface area contributed by atoms with E-state index in [1.54, 1.807) is 7.05 Å². The van der Waals surface area contributed by atoms with Gasteiger partial charge in [0.25, 0.3) is 0 Å². The zero-order valence-corrected chi connectivity index (χ0v) is 14.6. The van der Waals surface area contributed by atoms with Gasteiger partial charge < -0.3 is 14.7 Å². The molecule has 0 spiro atoms. The summed E-state index contributed by atoms with van der Waals surface area (Å²) in [5, 5.41) is 6.33. The van der Waals surface area contributed by atoms with Gasteiger partial charge in [-0.2, -0.15) is 18.2 Å². The first kappa shape index (κ1) is 19.6. The fourth-order valence-corrected chi connectivity index (χ4v) is 2.09. The highest BCUT2D eigenvalue weighted by Crippen LogP contribution is 2.27. The molecule has 0 saturated heterocycles. The van der Waals surface area contributed by atoms with E-state index in [0.29, 0.717) is 18.1 Å². The van der Waals surface area contributed by atoms with E-state index in [0.717, 1.165) is 6.07 Å². The summed E-state index contributed by atoms with van der Waals surface area (Å²) in [4.78, 5) is 24.9. The summed E-state index contributed by atoms with van der Waals surface area (Å²) >= 11 is 0. The topological polar surface area (TPSA) is 97.0 Å². The zero-order chi connectivity index (χ0) is 19.3. The Hall–Kier alpha value is -2.72. The van der Waals surface area contributed by atoms with Crippen molar-refractivity contribution >= 4 is 6.03 Å². The van der Waals surface area contributed by atoms with E-state index >= 15 is 0 Å². The molecule has 2 aromatic heterocycles. The SMILES string of the molecule is CCc1nc(CN(C)C(=O)NCCc2nc(C)cc(C(F)(F)F)n2)no1. The lowest BCUT2D eigenvalue weighted by atomic mass is 10.3. The molecule has 26 heavy (non-hydrogen) atoms. The minimum Gasteiger partial charge on any atom is -0.339 e. The number of urea groups is 1. The van der Waals surface area contributed by atoms with E-state index < -0.39 is 17.9 Å². The molecule has 1 N–H and O–H groups in total. The molecule has 2 rings (SSSR count). The van der Waals surface area contributed by atoms with Crippen molar-refractivity contribution in [1.29, 1.82) is 0 Å². The van der Waals surface area contributed by atoms with Crippen molar-refractivity contribution in [3.8, 4) is 0 Å². The lowest BCUT2D eigenvalue weighted by Crippen LogP contribution is -2.38. The number of aryl methyl sites for hydroxylation is 2. The van der Waals surface area contributed by atoms with Crippen LogP contribution >= 0.6 is 0 Å². The van der Waals surface area contributed by atoms with Crippen LogP contribution < -0.4 is 5.32 Å². The van der Waals surface area contributed by atoms with Gasteiger partial charge in [-0.25, -0.2) is 14.8 Å². The number of nitrogens with one attached hydrogen (secondary N) is 1. The summed E-state index contributed by atoms with van der Waals surface area (Å²) in [6, 6.07) is 0.460. The van der Waals surface area contributed by atoms with Crippen LogP contribution in [0.5, 0.6) is 0 Å². The lowest BCUT2D eigenvalue weighted by Gasteiger charge is -2.16. The molecule has 2 heterocycles. The molecular formula is C15H19F3N6O2. The van der Waals surface area contributed by atoms with Gasteiger partial charge in [-0.1, -0.05) is 12.1 Å². The standard InChI is InChI=1S/C15H19F3N6O2/c1-4-13-22-12(23-26-13)8-24(3)14(25)19-6-5-11-20-9(2)7-10(21-11)15(16,17)18/h7H,4-6,8H2,1-3H3,(H,19,25). The van der Waals surface area contributed by atoms with Crippen molar-refractivity contribution < 1.29 is 22.5 Å². The third-order valence-electron chi connectivity index (χ3n) is 3.35. The van der Waals surface area contributed by atoms with Gasteiger partial charge in [-0.3, -0.25) is 0 Å². The van der Waals surface area contributed by atoms with Crippen molar-refractivity contribution in [3.05, 3.63) is 35.0 Å². The summed E-state index contributed by atoms with van der Waals surface area (Å²) in [5.74, 6) is 0.869. The fourth-order valence-electron chi connectivity index (χ4n) is 2.09. The van der Waals surface area contributed by atoms with Gasteiger partial charge in [0.15, 0.2) is 5.82 Å². The molecule has 0 aromatic carbocycles. The Morgan fingerprint density at radius 2 is 2.00 bits per heavy atom. The molecule has 142 valence electrons. The Bertz CT molecular complexity index is 762. The Morgan fingerprint density at radius 3 is 2.62 bits per heavy atom. The molecule has 8 nitrogen and oxygen atoms in total. The van der Waals surface area contributed by atoms with E-state index in [9.17, 15) is 18.0 Å². The second-order valence-electron chi connectivity index (χ2n) is 5.60. The average Bonchev–Trinajstić information content (AvgIpc) is 3.01. The fraction of sp³-hybridized carbons (Fsp3) is 0.533. The molecular weight excluding hydrogens is 353 g/mol. The van der Waals surface area contributed by atoms with Crippen LogP contribution in [0.3, 0.4) is 0 Å². The van der Waals surface area contributed by atoms with E-state index in [4.69, 9.17) is 4.52 Å². The monoisotopic (exact) mass is 372 g/mol. The van der Waals surface area contributed by atoms with E-state index in [1.807, 2.05) is 6.92 Å². The maximum atomic E-state index is 12.8. The van der Waals surface area contributed by atoms with Crippen molar-refractivity contribution in [2.24, 2.45) is 0 Å². The van der Waals surface area contributed by atoms with Crippen LogP contribution in [0.1, 0.15) is 35.9 Å². The van der Waals surface area contributed by atoms with Crippen LogP contribution in [0.25, 0.3) is 0 Å². The number of carbonyl (C=O) groups excluding carboxylic acids is 1. The maximum Gasteiger partial charge on any atom is 0.433 e. The molecule has 11 heteroatoms. The molecule has 2 amide bonds. The van der Waals surface area contributed by atoms with Crippen molar-refractivity contribution in [3.63, 3.8) is 0 Å². The Kier molecular flexibility index (Phi) is 6.11. The molecule has 0 atom stereocenters. The average molecular weight is 372 g/mol. The van der Waals surface area contributed by atoms with Crippen LogP contribution in [0.15, 0.2) is 10.6 Å². The normalized spacial score (nSPS) is 11.5. The molecule has 2 aromatic rings. The summed E-state index contributed by atoms with van der Waals surface area (Å²) in [6.45, 7) is 3.57. The first-order valence-electron chi connectivity index (χ1n) is 7.91. The zero-order valence-electron chi connectivity index (χ0n) is 14.6. The number of hydrogen-bond donors (Lipinski definition) is 1. The van der Waals surface area contributed by atoms with Crippen molar-refractivity contribution in [2.45, 2.75) is 39.4 Å². The van der Waals surface area contributed by atoms with E-state index in [2.05, 4.69) is 25.4 Å². The molecule has 0 radical (unpaired) electrons. The third kappa shape index (κ3) is 5.39. The maximum absolute atomic E-state index is 12.8. The van der Waals surface area contributed by atoms with Gasteiger partial charge in [-0.15, -0.1) is 0 Å². The van der Waals surface area contributed by atoms with Gasteiger partial charge in [0.05, 0.1) is 6.54 Å². The first-order chi connectivity index (χ1) is 12.2. The molecule has 0 saturated carbocycles. The largest absolute Gasteiger partial charge is 0.433 e. The number of halogens is 3. The summed E-state index contributed by atoms with van der Waals surface area (Å²) < 4.78 is 43.2. The van der Waals surface area contributed by atoms with Gasteiger partial charge in [0, 0.05) is 32.1 Å². The van der Waals surface area contributed by atoms with Crippen LogP contribution in [0, 0.1) is 6.92 Å². The van der Waals surface area contributed by atoms with Gasteiger partial charge in [-0.05, 0) is 13.0 Å². The van der Waals surface area contributed by atoms with E-state index in [-0.39, 0.29) is 31.0 Å². The van der Waals surface area contributed by atoms with Crippen LogP contribution in [0.2, 0.25) is 0 Å². The summed E-state index contributed by atoms with van der Waals surface area (Å²) in [5.41, 5.74) is -0.776. The van der Waals surface area contributed by atoms with Crippen molar-refractivity contribution in [2.75, 3.05) is 13.6 Å². The Labute approximate surface area is 147 Å². The van der Waals surface area contributed by atoms with Crippen LogP contribution in [-0.4, -0.2) is 44.6 Å². The number of hydrogen-bond acceptors (Lipinski definition) is 6. The van der Waals surface area contributed by atoms with Gasteiger partial charge in [0.2, 0.25) is 5.89 Å². The Morgan fingerprint density at radius 1 is 1.27 bits per heavy atom. The second-order valence-corrected chi connectivity index (χ2v) is 5.60. The van der Waals surface area contributed by atoms with Crippen molar-refractivity contribution in [1.82, 2.24) is 30.3 Å². The number of nitrogens with zero attached hydrogens (tertiary/aromatic N) is 5. The van der Waals surface area contributed by atoms with Gasteiger partial charge >= 0.3 is 12.2 Å². The number of aromatic nitrogens is 4. The predicted octanol–water partition coefficient (Wildman–Crippen LogP) is 2.13.